The molecule has 0 radical (unpaired) electrons. The molecule has 1 unspecified atom stereocenters. The molecule has 0 aliphatic heterocycles. The van der Waals surface area contributed by atoms with Gasteiger partial charge in [-0.15, -0.1) is 0 Å². The quantitative estimate of drug-likeness (QED) is 0.913. The first-order chi connectivity index (χ1) is 9.65. The van der Waals surface area contributed by atoms with Crippen LogP contribution in [0.1, 0.15) is 37.3 Å². The Hall–Kier alpha value is -2.54. The van der Waals surface area contributed by atoms with Crippen LogP contribution in [-0.2, 0) is 0 Å². The summed E-state index contributed by atoms with van der Waals surface area (Å²) in [5.41, 5.74) is 7.73. The van der Waals surface area contributed by atoms with Crippen molar-refractivity contribution < 1.29 is 4.74 Å². The van der Waals surface area contributed by atoms with E-state index in [0.717, 1.165) is 6.42 Å². The first kappa shape index (κ1) is 13.9. The molecule has 1 heterocycles. The molecule has 102 valence electrons. The maximum absolute atomic E-state index is 8.92. The van der Waals surface area contributed by atoms with Gasteiger partial charge in [0, 0.05) is 6.20 Å². The molecule has 0 aliphatic rings. The molecule has 4 heteroatoms. The normalized spacial score (nSPS) is 11.7. The Morgan fingerprint density at radius 2 is 2.00 bits per heavy atom. The number of nitriles is 1. The zero-order valence-corrected chi connectivity index (χ0v) is 11.6. The number of nitrogen functional groups attached to an aromatic ring is 1. The van der Waals surface area contributed by atoms with E-state index in [4.69, 9.17) is 15.7 Å². The van der Waals surface area contributed by atoms with Gasteiger partial charge < -0.3 is 10.5 Å². The Morgan fingerprint density at radius 1 is 1.30 bits per heavy atom. The van der Waals surface area contributed by atoms with Crippen LogP contribution >= 0.6 is 0 Å². The number of hydrogen-bond donors (Lipinski definition) is 1. The van der Waals surface area contributed by atoms with Crippen LogP contribution in [0.25, 0.3) is 0 Å². The van der Waals surface area contributed by atoms with Crippen molar-refractivity contribution in [3.05, 3.63) is 47.7 Å². The molecule has 2 aromatic rings. The topological polar surface area (TPSA) is 71.9 Å². The van der Waals surface area contributed by atoms with Crippen LogP contribution in [0.15, 0.2) is 36.5 Å². The van der Waals surface area contributed by atoms with Crippen molar-refractivity contribution in [1.82, 2.24) is 4.98 Å². The third kappa shape index (κ3) is 2.89. The van der Waals surface area contributed by atoms with Gasteiger partial charge in [0.2, 0.25) is 5.88 Å². The fraction of sp³-hybridized carbons (Fsp3) is 0.250. The molecule has 0 fully saturated rings. The van der Waals surface area contributed by atoms with Crippen molar-refractivity contribution in [3.63, 3.8) is 0 Å². The largest absolute Gasteiger partial charge is 0.437 e. The summed E-state index contributed by atoms with van der Waals surface area (Å²) in [6.07, 6.45) is 2.61. The summed E-state index contributed by atoms with van der Waals surface area (Å²) >= 11 is 0. The predicted octanol–water partition coefficient (Wildman–Crippen LogP) is 3.84. The Labute approximate surface area is 118 Å². The Balaban J connectivity index is 2.21. The summed E-state index contributed by atoms with van der Waals surface area (Å²) in [6.45, 7) is 4.35. The summed E-state index contributed by atoms with van der Waals surface area (Å²) in [5, 5.41) is 8.92. The zero-order valence-electron chi connectivity index (χ0n) is 11.6. The van der Waals surface area contributed by atoms with Gasteiger partial charge in [0.15, 0.2) is 0 Å². The number of anilines is 1. The van der Waals surface area contributed by atoms with Crippen LogP contribution in [-0.4, -0.2) is 4.98 Å². The minimum atomic E-state index is 0.264. The third-order valence-corrected chi connectivity index (χ3v) is 3.35. The molecule has 4 nitrogen and oxygen atoms in total. The number of benzene rings is 1. The fourth-order valence-electron chi connectivity index (χ4n) is 1.84. The summed E-state index contributed by atoms with van der Waals surface area (Å²) in [5.74, 6) is 1.45. The van der Waals surface area contributed by atoms with Gasteiger partial charge in [-0.2, -0.15) is 5.26 Å². The third-order valence-electron chi connectivity index (χ3n) is 3.35. The van der Waals surface area contributed by atoms with Crippen molar-refractivity contribution >= 4 is 5.69 Å². The van der Waals surface area contributed by atoms with Gasteiger partial charge in [-0.05, 0) is 36.1 Å². The Kier molecular flexibility index (Phi) is 4.21. The van der Waals surface area contributed by atoms with Crippen LogP contribution in [0.5, 0.6) is 11.6 Å². The summed E-state index contributed by atoms with van der Waals surface area (Å²) in [6, 6.07) is 11.4. The second-order valence-corrected chi connectivity index (χ2v) is 4.67. The monoisotopic (exact) mass is 267 g/mol. The highest BCUT2D eigenvalue weighted by molar-refractivity contribution is 5.60. The lowest BCUT2D eigenvalue weighted by Gasteiger charge is -2.11. The second kappa shape index (κ2) is 6.07. The van der Waals surface area contributed by atoms with Gasteiger partial charge in [-0.25, -0.2) is 4.98 Å². The highest BCUT2D eigenvalue weighted by atomic mass is 16.5. The molecule has 1 aromatic carbocycles. The molecule has 1 atom stereocenters. The molecule has 0 spiro atoms. The standard InChI is InChI=1S/C16H17N3O/c1-3-11(2)12-4-6-14(7-5-12)20-16-15(18)13(10-17)8-9-19-16/h4-9,11H,3,18H2,1-2H3. The van der Waals surface area contributed by atoms with E-state index in [0.29, 0.717) is 17.2 Å². The van der Waals surface area contributed by atoms with Gasteiger partial charge in [-0.3, -0.25) is 0 Å². The minimum absolute atomic E-state index is 0.264. The second-order valence-electron chi connectivity index (χ2n) is 4.67. The zero-order chi connectivity index (χ0) is 14.5. The highest BCUT2D eigenvalue weighted by Gasteiger charge is 2.09. The van der Waals surface area contributed by atoms with Crippen molar-refractivity contribution in [2.45, 2.75) is 26.2 Å². The van der Waals surface area contributed by atoms with E-state index >= 15 is 0 Å². The number of rotatable bonds is 4. The van der Waals surface area contributed by atoms with Crippen LogP contribution < -0.4 is 10.5 Å². The van der Waals surface area contributed by atoms with Gasteiger partial charge in [0.25, 0.3) is 0 Å². The first-order valence-electron chi connectivity index (χ1n) is 6.58. The lowest BCUT2D eigenvalue weighted by Crippen LogP contribution is -1.98. The lowest BCUT2D eigenvalue weighted by atomic mass is 9.99. The molecule has 1 aromatic heterocycles. The van der Waals surface area contributed by atoms with E-state index in [1.807, 2.05) is 30.3 Å². The molecule has 20 heavy (non-hydrogen) atoms. The van der Waals surface area contributed by atoms with Gasteiger partial charge in [0.1, 0.15) is 17.5 Å². The molecule has 2 rings (SSSR count). The molecular weight excluding hydrogens is 250 g/mol. The van der Waals surface area contributed by atoms with Crippen molar-refractivity contribution in [1.29, 1.82) is 5.26 Å². The van der Waals surface area contributed by atoms with E-state index in [-0.39, 0.29) is 11.6 Å². The Bertz CT molecular complexity index is 629. The summed E-state index contributed by atoms with van der Waals surface area (Å²) in [7, 11) is 0. The van der Waals surface area contributed by atoms with Gasteiger partial charge in [0.05, 0.1) is 5.56 Å². The van der Waals surface area contributed by atoms with E-state index in [2.05, 4.69) is 18.8 Å². The van der Waals surface area contributed by atoms with Crippen LogP contribution in [0.2, 0.25) is 0 Å². The maximum atomic E-state index is 8.92. The highest BCUT2D eigenvalue weighted by Crippen LogP contribution is 2.28. The number of pyridine rings is 1. The molecule has 0 bridgehead atoms. The molecule has 0 saturated heterocycles. The minimum Gasteiger partial charge on any atom is -0.437 e. The number of nitrogens with zero attached hydrogens (tertiary/aromatic N) is 2. The van der Waals surface area contributed by atoms with Crippen LogP contribution in [0.3, 0.4) is 0 Å². The van der Waals surface area contributed by atoms with Gasteiger partial charge >= 0.3 is 0 Å². The number of aromatic nitrogens is 1. The van der Waals surface area contributed by atoms with Crippen molar-refractivity contribution in [2.75, 3.05) is 5.73 Å². The molecular formula is C16H17N3O. The van der Waals surface area contributed by atoms with Gasteiger partial charge in [-0.1, -0.05) is 26.0 Å². The van der Waals surface area contributed by atoms with E-state index in [1.165, 1.54) is 11.8 Å². The molecule has 0 saturated carbocycles. The summed E-state index contributed by atoms with van der Waals surface area (Å²) in [4.78, 5) is 4.06. The molecule has 0 amide bonds. The Morgan fingerprint density at radius 3 is 2.60 bits per heavy atom. The van der Waals surface area contributed by atoms with Crippen molar-refractivity contribution in [3.8, 4) is 17.7 Å². The lowest BCUT2D eigenvalue weighted by molar-refractivity contribution is 0.465. The number of nitrogens with two attached hydrogens (primary N) is 1. The fourth-order valence-corrected chi connectivity index (χ4v) is 1.84. The smallest absolute Gasteiger partial charge is 0.244 e. The average Bonchev–Trinajstić information content (AvgIpc) is 2.49. The molecule has 2 N–H and O–H groups in total. The van der Waals surface area contributed by atoms with Crippen LogP contribution in [0.4, 0.5) is 5.69 Å². The van der Waals surface area contributed by atoms with E-state index < -0.39 is 0 Å². The maximum Gasteiger partial charge on any atom is 0.244 e. The molecule has 0 aliphatic carbocycles. The SMILES string of the molecule is CCC(C)c1ccc(Oc2nccc(C#N)c2N)cc1. The summed E-state index contributed by atoms with van der Waals surface area (Å²) < 4.78 is 5.63. The van der Waals surface area contributed by atoms with Crippen LogP contribution in [0, 0.1) is 11.3 Å². The average molecular weight is 267 g/mol. The number of hydrogen-bond acceptors (Lipinski definition) is 4. The first-order valence-corrected chi connectivity index (χ1v) is 6.58. The van der Waals surface area contributed by atoms with Crippen molar-refractivity contribution in [2.24, 2.45) is 0 Å². The van der Waals surface area contributed by atoms with E-state index in [1.54, 1.807) is 6.07 Å². The van der Waals surface area contributed by atoms with E-state index in [9.17, 15) is 0 Å². The predicted molar refractivity (Wildman–Crippen MR) is 78.6 cm³/mol. The number of ether oxygens (including phenoxy) is 1.